The van der Waals surface area contributed by atoms with Gasteiger partial charge in [-0.2, -0.15) is 18.3 Å². The van der Waals surface area contributed by atoms with Crippen LogP contribution in [0.1, 0.15) is 45.6 Å². The molecule has 2 aromatic heterocycles. The van der Waals surface area contributed by atoms with Gasteiger partial charge in [-0.05, 0) is 31.0 Å². The van der Waals surface area contributed by atoms with Crippen LogP contribution < -0.4 is 10.6 Å². The number of aromatic nitrogens is 4. The van der Waals surface area contributed by atoms with Gasteiger partial charge in [-0.15, -0.1) is 0 Å². The van der Waals surface area contributed by atoms with Crippen molar-refractivity contribution in [1.82, 2.24) is 34.4 Å². The molecule has 42 heavy (non-hydrogen) atoms. The topological polar surface area (TPSA) is 117 Å². The summed E-state index contributed by atoms with van der Waals surface area (Å²) in [6.07, 6.45) is -0.584. The molecule has 222 valence electrons. The van der Waals surface area contributed by atoms with Crippen molar-refractivity contribution in [3.05, 3.63) is 52.7 Å². The Labute approximate surface area is 243 Å². The number of benzene rings is 1. The minimum atomic E-state index is -4.67. The number of carbonyl (C=O) groups is 3. The summed E-state index contributed by atoms with van der Waals surface area (Å²) in [7, 11) is 1.46. The molecule has 2 aliphatic heterocycles. The molecule has 0 radical (unpaired) electrons. The van der Waals surface area contributed by atoms with Crippen LogP contribution in [0.4, 0.5) is 18.9 Å². The van der Waals surface area contributed by atoms with Gasteiger partial charge in [0.15, 0.2) is 11.5 Å². The highest BCUT2D eigenvalue weighted by molar-refractivity contribution is 6.34. The van der Waals surface area contributed by atoms with Crippen molar-refractivity contribution < 1.29 is 27.6 Å². The first-order chi connectivity index (χ1) is 20.0. The van der Waals surface area contributed by atoms with E-state index in [4.69, 9.17) is 11.6 Å². The van der Waals surface area contributed by atoms with E-state index >= 15 is 0 Å². The summed E-state index contributed by atoms with van der Waals surface area (Å²) < 4.78 is 43.7. The molecular weight excluding hydrogens is 577 g/mol. The molecule has 4 heterocycles. The smallest absolute Gasteiger partial charge is 0.339 e. The first kappa shape index (κ1) is 28.2. The average Bonchev–Trinajstić information content (AvgIpc) is 3.55. The van der Waals surface area contributed by atoms with Crippen LogP contribution in [0.3, 0.4) is 0 Å². The number of carbonyl (C=O) groups excluding carboxylic acids is 3. The maximum Gasteiger partial charge on any atom is 0.435 e. The molecule has 2 saturated heterocycles. The highest BCUT2D eigenvalue weighted by Crippen LogP contribution is 2.41. The lowest BCUT2D eigenvalue weighted by molar-refractivity contribution is -0.141. The second-order valence-electron chi connectivity index (χ2n) is 10.7. The first-order valence-electron chi connectivity index (χ1n) is 13.6. The molecule has 15 heteroatoms. The molecule has 0 bridgehead atoms. The summed E-state index contributed by atoms with van der Waals surface area (Å²) in [5.74, 6) is -0.946. The number of hydrogen-bond donors (Lipinski definition) is 2. The van der Waals surface area contributed by atoms with Crippen molar-refractivity contribution in [2.45, 2.75) is 25.1 Å². The Kier molecular flexibility index (Phi) is 7.21. The van der Waals surface area contributed by atoms with Crippen LogP contribution in [-0.4, -0.2) is 86.1 Å². The largest absolute Gasteiger partial charge is 0.435 e. The number of amides is 3. The van der Waals surface area contributed by atoms with Crippen LogP contribution in [-0.2, 0) is 18.0 Å². The van der Waals surface area contributed by atoms with Crippen LogP contribution in [0.2, 0.25) is 5.02 Å². The van der Waals surface area contributed by atoms with E-state index < -0.39 is 17.8 Å². The normalized spacial score (nSPS) is 17.7. The third-order valence-electron chi connectivity index (χ3n) is 7.86. The molecule has 0 unspecified atom stereocenters. The van der Waals surface area contributed by atoms with Gasteiger partial charge in [0.25, 0.3) is 11.8 Å². The van der Waals surface area contributed by atoms with Gasteiger partial charge in [-0.1, -0.05) is 11.6 Å². The molecule has 3 aliphatic rings. The highest BCUT2D eigenvalue weighted by atomic mass is 35.5. The average molecular weight is 605 g/mol. The molecule has 2 N–H and O–H groups in total. The van der Waals surface area contributed by atoms with E-state index in [0.29, 0.717) is 39.3 Å². The summed E-state index contributed by atoms with van der Waals surface area (Å²) in [4.78, 5) is 46.1. The van der Waals surface area contributed by atoms with E-state index in [1.807, 2.05) is 0 Å². The lowest BCUT2D eigenvalue weighted by atomic mass is 10.0. The van der Waals surface area contributed by atoms with E-state index in [-0.39, 0.29) is 57.1 Å². The second-order valence-corrected chi connectivity index (χ2v) is 11.2. The summed E-state index contributed by atoms with van der Waals surface area (Å²) in [5, 5.41) is 9.61. The number of anilines is 1. The Morgan fingerprint density at radius 3 is 2.36 bits per heavy atom. The van der Waals surface area contributed by atoms with Crippen LogP contribution in [0.25, 0.3) is 11.3 Å². The quantitative estimate of drug-likeness (QED) is 0.447. The molecule has 3 fully saturated rings. The van der Waals surface area contributed by atoms with Crippen LogP contribution in [0.5, 0.6) is 0 Å². The third kappa shape index (κ3) is 5.36. The number of imidazole rings is 1. The van der Waals surface area contributed by atoms with E-state index in [1.54, 1.807) is 9.80 Å². The zero-order valence-corrected chi connectivity index (χ0v) is 23.4. The van der Waals surface area contributed by atoms with Gasteiger partial charge in [0.1, 0.15) is 0 Å². The number of piperazine rings is 1. The Morgan fingerprint density at radius 1 is 1.07 bits per heavy atom. The van der Waals surface area contributed by atoms with E-state index in [9.17, 15) is 27.6 Å². The molecule has 3 amide bonds. The zero-order chi connectivity index (χ0) is 29.8. The van der Waals surface area contributed by atoms with Gasteiger partial charge >= 0.3 is 6.18 Å². The number of alkyl halides is 3. The maximum absolute atomic E-state index is 13.7. The summed E-state index contributed by atoms with van der Waals surface area (Å²) in [5.41, 5.74) is -0.540. The summed E-state index contributed by atoms with van der Waals surface area (Å²) in [6, 6.07) is 4.40. The first-order valence-corrected chi connectivity index (χ1v) is 14.0. The van der Waals surface area contributed by atoms with Crippen LogP contribution in [0.15, 0.2) is 30.6 Å². The molecule has 3 aromatic rings. The monoisotopic (exact) mass is 604 g/mol. The lowest BCUT2D eigenvalue weighted by Gasteiger charge is -2.38. The summed E-state index contributed by atoms with van der Waals surface area (Å²) in [6.45, 7) is 3.04. The van der Waals surface area contributed by atoms with Crippen molar-refractivity contribution in [3.63, 3.8) is 0 Å². The molecule has 1 aliphatic carbocycles. The van der Waals surface area contributed by atoms with Crippen molar-refractivity contribution in [2.75, 3.05) is 44.6 Å². The van der Waals surface area contributed by atoms with Crippen molar-refractivity contribution >= 4 is 35.0 Å². The van der Waals surface area contributed by atoms with Gasteiger partial charge in [0.2, 0.25) is 5.91 Å². The Balaban J connectivity index is 1.12. The van der Waals surface area contributed by atoms with E-state index in [0.717, 1.165) is 12.8 Å². The zero-order valence-electron chi connectivity index (χ0n) is 22.6. The summed E-state index contributed by atoms with van der Waals surface area (Å²) >= 11 is 6.42. The van der Waals surface area contributed by atoms with Gasteiger partial charge in [-0.25, -0.2) is 4.98 Å². The fraction of sp³-hybridized carbons (Fsp3) is 0.444. The van der Waals surface area contributed by atoms with Gasteiger partial charge < -0.3 is 25.0 Å². The number of nitrogens with zero attached hydrogens (tertiary/aromatic N) is 6. The predicted molar refractivity (Wildman–Crippen MR) is 146 cm³/mol. The minimum absolute atomic E-state index is 0.00509. The fourth-order valence-electron chi connectivity index (χ4n) is 5.16. The van der Waals surface area contributed by atoms with Crippen molar-refractivity contribution in [2.24, 2.45) is 13.0 Å². The molecule has 1 saturated carbocycles. The second kappa shape index (κ2) is 10.7. The molecule has 11 nitrogen and oxygen atoms in total. The van der Waals surface area contributed by atoms with Crippen LogP contribution >= 0.6 is 11.6 Å². The predicted octanol–water partition coefficient (Wildman–Crippen LogP) is 3.05. The van der Waals surface area contributed by atoms with E-state index in [1.165, 1.54) is 46.9 Å². The molecule has 1 aromatic carbocycles. The fourth-order valence-corrected chi connectivity index (χ4v) is 5.42. The van der Waals surface area contributed by atoms with Crippen LogP contribution in [0, 0.1) is 5.92 Å². The minimum Gasteiger partial charge on any atom is -0.339 e. The van der Waals surface area contributed by atoms with Crippen molar-refractivity contribution in [1.29, 1.82) is 0 Å². The number of rotatable bonds is 6. The SMILES string of the molecule is Cn1c(-c2cn(C3CC3)nc2C(F)(F)F)cnc1C(=O)Nc1ccc(C(=O)N2CCN(C(=O)C3CNC3)CC2)c(Cl)c1. The molecular formula is C27H28ClF3N8O3. The van der Waals surface area contributed by atoms with Gasteiger partial charge in [0.05, 0.1) is 40.0 Å². The van der Waals surface area contributed by atoms with Gasteiger partial charge in [0, 0.05) is 58.2 Å². The number of hydrogen-bond acceptors (Lipinski definition) is 6. The molecule has 6 rings (SSSR count). The highest BCUT2D eigenvalue weighted by Gasteiger charge is 2.40. The Bertz CT molecular complexity index is 1550. The molecule has 0 spiro atoms. The molecule has 0 atom stereocenters. The van der Waals surface area contributed by atoms with Gasteiger partial charge in [-0.3, -0.25) is 19.1 Å². The standard InChI is InChI=1S/C27H28ClF3N8O3/c1-36-21(19-14-39(17-3-4-17)35-22(19)27(29,30)31)13-33-23(36)24(40)34-16-2-5-18(20(28)10-16)26(42)38-8-6-37(7-9-38)25(41)15-11-32-12-15/h2,5,10,13-15,17,32H,3-4,6-9,11-12H2,1H3,(H,34,40). The van der Waals surface area contributed by atoms with E-state index in [2.05, 4.69) is 20.7 Å². The number of halogens is 4. The van der Waals surface area contributed by atoms with Crippen molar-refractivity contribution in [3.8, 4) is 11.3 Å². The third-order valence-corrected chi connectivity index (χ3v) is 8.17. The Hall–Kier alpha value is -3.91. The lowest BCUT2D eigenvalue weighted by Crippen LogP contribution is -2.57. The number of nitrogens with one attached hydrogen (secondary N) is 2. The maximum atomic E-state index is 13.7. The Morgan fingerprint density at radius 2 is 1.76 bits per heavy atom.